The Hall–Kier alpha value is -2.96. The smallest absolute Gasteiger partial charge is 0.272 e. The molecular formula is C20H22N6O. The minimum atomic E-state index is 0.0850. The third kappa shape index (κ3) is 2.57. The van der Waals surface area contributed by atoms with Crippen molar-refractivity contribution in [3.05, 3.63) is 54.1 Å². The highest BCUT2D eigenvalue weighted by atomic mass is 16.2. The van der Waals surface area contributed by atoms with Crippen LogP contribution in [0.4, 0.5) is 0 Å². The summed E-state index contributed by atoms with van der Waals surface area (Å²) < 4.78 is 3.98. The van der Waals surface area contributed by atoms with E-state index >= 15 is 0 Å². The zero-order chi connectivity index (χ0) is 18.4. The van der Waals surface area contributed by atoms with Crippen molar-refractivity contribution in [1.82, 2.24) is 29.4 Å². The van der Waals surface area contributed by atoms with Gasteiger partial charge < -0.3 is 9.47 Å². The molecule has 4 heterocycles. The Labute approximate surface area is 157 Å². The molecule has 0 saturated carbocycles. The number of rotatable bonds is 3. The molecule has 2 aliphatic heterocycles. The number of aryl methyl sites for hydroxylation is 1. The predicted octanol–water partition coefficient (Wildman–Crippen LogP) is 2.39. The maximum atomic E-state index is 13.3. The van der Waals surface area contributed by atoms with Crippen molar-refractivity contribution in [1.29, 1.82) is 0 Å². The monoisotopic (exact) mass is 362 g/mol. The molecule has 2 aliphatic rings. The molecule has 0 radical (unpaired) electrons. The fourth-order valence-corrected chi connectivity index (χ4v) is 4.47. The van der Waals surface area contributed by atoms with Gasteiger partial charge in [-0.3, -0.25) is 9.48 Å². The van der Waals surface area contributed by atoms with Gasteiger partial charge in [0.25, 0.3) is 5.91 Å². The molecule has 1 fully saturated rings. The fraction of sp³-hybridized carbons (Fsp3) is 0.400. The molecule has 5 rings (SSSR count). The van der Waals surface area contributed by atoms with Gasteiger partial charge in [-0.05, 0) is 25.8 Å². The van der Waals surface area contributed by atoms with Gasteiger partial charge in [0, 0.05) is 37.3 Å². The zero-order valence-corrected chi connectivity index (χ0v) is 15.3. The van der Waals surface area contributed by atoms with Crippen LogP contribution in [0.15, 0.2) is 42.6 Å². The number of fused-ring (bicyclic) bond motifs is 3. The minimum Gasteiger partial charge on any atom is -0.329 e. The molecule has 2 atom stereocenters. The number of carbonyl (C=O) groups is 1. The van der Waals surface area contributed by atoms with Gasteiger partial charge in [0.05, 0.1) is 6.04 Å². The van der Waals surface area contributed by atoms with Crippen molar-refractivity contribution in [3.63, 3.8) is 0 Å². The molecule has 138 valence electrons. The lowest BCUT2D eigenvalue weighted by Crippen LogP contribution is -2.43. The molecular weight excluding hydrogens is 340 g/mol. The Morgan fingerprint density at radius 1 is 1.11 bits per heavy atom. The van der Waals surface area contributed by atoms with E-state index in [1.807, 2.05) is 31.2 Å². The normalized spacial score (nSPS) is 21.1. The number of carbonyl (C=O) groups excluding carboxylic acids is 1. The van der Waals surface area contributed by atoms with Crippen molar-refractivity contribution in [2.45, 2.75) is 51.4 Å². The van der Waals surface area contributed by atoms with Gasteiger partial charge in [-0.25, -0.2) is 0 Å². The van der Waals surface area contributed by atoms with E-state index in [2.05, 4.69) is 36.9 Å². The van der Waals surface area contributed by atoms with E-state index in [9.17, 15) is 4.79 Å². The minimum absolute atomic E-state index is 0.0850. The van der Waals surface area contributed by atoms with Gasteiger partial charge in [-0.15, -0.1) is 10.2 Å². The number of benzene rings is 1. The standard InChI is InChI=1S/C20H22N6O/c1-2-25-17(10-11-21-25)20(27)26-15-8-9-16(26)13-24-18(12-15)22-23-19(24)14-6-4-3-5-7-14/h3-7,10-11,15-16H,2,8-9,12-13H2,1H3/t15-,16+/m0/s1. The summed E-state index contributed by atoms with van der Waals surface area (Å²) in [5, 5.41) is 13.2. The first-order chi connectivity index (χ1) is 13.3. The summed E-state index contributed by atoms with van der Waals surface area (Å²) in [5.74, 6) is 1.95. The van der Waals surface area contributed by atoms with Crippen LogP contribution in [-0.2, 0) is 19.5 Å². The number of nitrogens with zero attached hydrogens (tertiary/aromatic N) is 6. The molecule has 1 aromatic carbocycles. The van der Waals surface area contributed by atoms with Gasteiger partial charge in [-0.2, -0.15) is 5.10 Å². The highest BCUT2D eigenvalue weighted by Gasteiger charge is 2.42. The van der Waals surface area contributed by atoms with Crippen LogP contribution in [0, 0.1) is 0 Å². The molecule has 2 aromatic heterocycles. The van der Waals surface area contributed by atoms with Crippen LogP contribution in [0.1, 0.15) is 36.1 Å². The van der Waals surface area contributed by atoms with E-state index in [-0.39, 0.29) is 18.0 Å². The number of aromatic nitrogens is 5. The first kappa shape index (κ1) is 16.2. The molecule has 0 aliphatic carbocycles. The summed E-state index contributed by atoms with van der Waals surface area (Å²) in [4.78, 5) is 15.4. The second kappa shape index (κ2) is 6.33. The van der Waals surface area contributed by atoms with Gasteiger partial charge >= 0.3 is 0 Å². The molecule has 3 aromatic rings. The van der Waals surface area contributed by atoms with Crippen molar-refractivity contribution in [2.24, 2.45) is 0 Å². The van der Waals surface area contributed by atoms with E-state index in [1.54, 1.807) is 10.9 Å². The summed E-state index contributed by atoms with van der Waals surface area (Å²) in [7, 11) is 0. The number of hydrogen-bond acceptors (Lipinski definition) is 4. The third-order valence-corrected chi connectivity index (χ3v) is 5.76. The van der Waals surface area contributed by atoms with Gasteiger partial charge in [0.1, 0.15) is 11.5 Å². The van der Waals surface area contributed by atoms with Crippen LogP contribution < -0.4 is 0 Å². The van der Waals surface area contributed by atoms with Crippen LogP contribution in [0.25, 0.3) is 11.4 Å². The second-order valence-electron chi connectivity index (χ2n) is 7.25. The maximum absolute atomic E-state index is 13.3. The third-order valence-electron chi connectivity index (χ3n) is 5.76. The van der Waals surface area contributed by atoms with Crippen LogP contribution in [-0.4, -0.2) is 47.4 Å². The van der Waals surface area contributed by atoms with Crippen molar-refractivity contribution < 1.29 is 4.79 Å². The Kier molecular flexibility index (Phi) is 3.81. The number of amides is 1. The summed E-state index contributed by atoms with van der Waals surface area (Å²) in [6, 6.07) is 12.3. The second-order valence-corrected chi connectivity index (χ2v) is 7.25. The Morgan fingerprint density at radius 2 is 1.93 bits per heavy atom. The van der Waals surface area contributed by atoms with Crippen molar-refractivity contribution in [3.8, 4) is 11.4 Å². The zero-order valence-electron chi connectivity index (χ0n) is 15.3. The van der Waals surface area contributed by atoms with Crippen LogP contribution in [0.3, 0.4) is 0 Å². The van der Waals surface area contributed by atoms with Crippen molar-refractivity contribution >= 4 is 5.91 Å². The lowest BCUT2D eigenvalue weighted by molar-refractivity contribution is 0.0653. The highest BCUT2D eigenvalue weighted by Crippen LogP contribution is 2.34. The molecule has 2 bridgehead atoms. The topological polar surface area (TPSA) is 68.8 Å². The molecule has 0 unspecified atom stereocenters. The van der Waals surface area contributed by atoms with Crippen molar-refractivity contribution in [2.75, 3.05) is 0 Å². The average molecular weight is 362 g/mol. The summed E-state index contributed by atoms with van der Waals surface area (Å²) in [5.41, 5.74) is 1.74. The first-order valence-corrected chi connectivity index (χ1v) is 9.58. The molecule has 7 nitrogen and oxygen atoms in total. The van der Waals surface area contributed by atoms with E-state index in [0.29, 0.717) is 12.2 Å². The molecule has 1 amide bonds. The van der Waals surface area contributed by atoms with Gasteiger partial charge in [-0.1, -0.05) is 30.3 Å². The molecule has 27 heavy (non-hydrogen) atoms. The molecule has 0 spiro atoms. The molecule has 7 heteroatoms. The highest BCUT2D eigenvalue weighted by molar-refractivity contribution is 5.93. The average Bonchev–Trinajstić information content (AvgIpc) is 3.39. The first-order valence-electron chi connectivity index (χ1n) is 9.58. The van der Waals surface area contributed by atoms with E-state index < -0.39 is 0 Å². The lowest BCUT2D eigenvalue weighted by Gasteiger charge is -2.28. The van der Waals surface area contributed by atoms with Gasteiger partial charge in [0.2, 0.25) is 0 Å². The summed E-state index contributed by atoms with van der Waals surface area (Å²) in [6.45, 7) is 3.45. The Morgan fingerprint density at radius 3 is 2.74 bits per heavy atom. The maximum Gasteiger partial charge on any atom is 0.272 e. The fourth-order valence-electron chi connectivity index (χ4n) is 4.47. The summed E-state index contributed by atoms with van der Waals surface area (Å²) in [6.07, 6.45) is 4.49. The van der Waals surface area contributed by atoms with Crippen LogP contribution in [0.2, 0.25) is 0 Å². The van der Waals surface area contributed by atoms with E-state index in [1.165, 1.54) is 0 Å². The number of hydrogen-bond donors (Lipinski definition) is 0. The Bertz CT molecular complexity index is 976. The Balaban J connectivity index is 1.50. The quantitative estimate of drug-likeness (QED) is 0.717. The molecule has 1 saturated heterocycles. The van der Waals surface area contributed by atoms with Crippen LogP contribution in [0.5, 0.6) is 0 Å². The largest absolute Gasteiger partial charge is 0.329 e. The van der Waals surface area contributed by atoms with E-state index in [4.69, 9.17) is 0 Å². The lowest BCUT2D eigenvalue weighted by atomic mass is 10.1. The SMILES string of the molecule is CCn1nccc1C(=O)N1[C@@H]2CC[C@H]1Cc1nnc(-c3ccccc3)n1C2. The summed E-state index contributed by atoms with van der Waals surface area (Å²) >= 11 is 0. The van der Waals surface area contributed by atoms with Gasteiger partial charge in [0.15, 0.2) is 5.82 Å². The molecule has 0 N–H and O–H groups in total. The predicted molar refractivity (Wildman–Crippen MR) is 100 cm³/mol. The van der Waals surface area contributed by atoms with E-state index in [0.717, 1.165) is 43.0 Å². The van der Waals surface area contributed by atoms with Crippen LogP contribution >= 0.6 is 0 Å².